The lowest BCUT2D eigenvalue weighted by Gasteiger charge is -2.68. The van der Waals surface area contributed by atoms with Gasteiger partial charge in [-0.05, 0) is 54.9 Å². The van der Waals surface area contributed by atoms with E-state index >= 15 is 0 Å². The van der Waals surface area contributed by atoms with Crippen LogP contribution in [0.1, 0.15) is 30.4 Å². The molecule has 0 amide bonds. The second-order valence-electron chi connectivity index (χ2n) is 4.92. The van der Waals surface area contributed by atoms with Crippen LogP contribution in [0.15, 0.2) is 18.2 Å². The van der Waals surface area contributed by atoms with Crippen LogP contribution in [-0.4, -0.2) is 3.42 Å². The van der Waals surface area contributed by atoms with Crippen molar-refractivity contribution >= 4 is 34.2 Å². The number of benzene rings is 1. The number of aryl methyl sites for hydroxylation is 1. The average Bonchev–Trinajstić information content (AvgIpc) is 1.98. The Morgan fingerprint density at radius 3 is 2.43 bits per heavy atom. The maximum absolute atomic E-state index is 5.97. The van der Waals surface area contributed by atoms with Gasteiger partial charge in [-0.15, -0.1) is 0 Å². The molecule has 1 aromatic rings. The molecule has 4 rings (SSSR count). The molecule has 3 fully saturated rings. The number of hydrogen-bond donors (Lipinski definition) is 0. The lowest BCUT2D eigenvalue weighted by molar-refractivity contribution is 0.0215. The molecule has 1 aromatic carbocycles. The highest BCUT2D eigenvalue weighted by Gasteiger charge is 2.67. The minimum absolute atomic E-state index is 0.538. The van der Waals surface area contributed by atoms with Crippen LogP contribution in [0.5, 0.6) is 0 Å². The summed E-state index contributed by atoms with van der Waals surface area (Å²) in [5.74, 6) is 0. The van der Waals surface area contributed by atoms with Gasteiger partial charge in [0.25, 0.3) is 0 Å². The fourth-order valence-corrected chi connectivity index (χ4v) is 5.59. The van der Waals surface area contributed by atoms with Gasteiger partial charge in [-0.1, -0.05) is 40.3 Å². The summed E-state index contributed by atoms with van der Waals surface area (Å²) >= 11 is 8.59. The maximum Gasteiger partial charge on any atom is 0.0408 e. The lowest BCUT2D eigenvalue weighted by Crippen LogP contribution is -2.66. The van der Waals surface area contributed by atoms with E-state index in [9.17, 15) is 0 Å². The molecule has 0 atom stereocenters. The predicted molar refractivity (Wildman–Crippen MR) is 68.5 cm³/mol. The molecule has 0 nitrogen and oxygen atoms in total. The second-order valence-corrected chi connectivity index (χ2v) is 7.65. The Hall–Kier alpha value is 0.240. The molecule has 3 aliphatic carbocycles. The zero-order valence-corrected chi connectivity index (χ0v) is 11.0. The molecule has 0 spiro atoms. The molecule has 3 aliphatic rings. The van der Waals surface area contributed by atoms with Crippen molar-refractivity contribution in [2.75, 3.05) is 0 Å². The minimum atomic E-state index is 0.538. The number of rotatable bonds is 1. The Labute approximate surface area is 103 Å². The Morgan fingerprint density at radius 1 is 1.29 bits per heavy atom. The fourth-order valence-electron chi connectivity index (χ4n) is 3.17. The molecule has 2 bridgehead atoms. The van der Waals surface area contributed by atoms with Crippen LogP contribution >= 0.6 is 34.2 Å². The SMILES string of the molecule is Cc1cc(Cl)ccc1C12CC(I)(C1)C2. The van der Waals surface area contributed by atoms with E-state index in [1.54, 1.807) is 5.56 Å². The molecule has 0 radical (unpaired) electrons. The first-order valence-corrected chi connectivity index (χ1v) is 6.44. The van der Waals surface area contributed by atoms with E-state index in [1.807, 2.05) is 6.07 Å². The van der Waals surface area contributed by atoms with Crippen molar-refractivity contribution < 1.29 is 0 Å². The number of halogens is 2. The van der Waals surface area contributed by atoms with E-state index in [0.29, 0.717) is 8.84 Å². The Bertz CT molecular complexity index is 391. The molecular weight excluding hydrogens is 306 g/mol. The van der Waals surface area contributed by atoms with Crippen molar-refractivity contribution in [3.05, 3.63) is 34.3 Å². The number of hydrogen-bond acceptors (Lipinski definition) is 0. The van der Waals surface area contributed by atoms with E-state index in [4.69, 9.17) is 11.6 Å². The first kappa shape index (κ1) is 9.46. The minimum Gasteiger partial charge on any atom is -0.0843 e. The van der Waals surface area contributed by atoms with Crippen LogP contribution in [0.2, 0.25) is 5.02 Å². The molecule has 0 aromatic heterocycles. The van der Waals surface area contributed by atoms with Gasteiger partial charge in [0.05, 0.1) is 0 Å². The van der Waals surface area contributed by atoms with Crippen LogP contribution in [0.4, 0.5) is 0 Å². The summed E-state index contributed by atoms with van der Waals surface area (Å²) in [5.41, 5.74) is 3.45. The zero-order chi connectivity index (χ0) is 9.97. The van der Waals surface area contributed by atoms with Crippen molar-refractivity contribution in [3.8, 4) is 0 Å². The largest absolute Gasteiger partial charge is 0.0843 e. The molecule has 2 heteroatoms. The van der Waals surface area contributed by atoms with Gasteiger partial charge in [0.15, 0.2) is 0 Å². The number of alkyl halides is 1. The van der Waals surface area contributed by atoms with Gasteiger partial charge >= 0.3 is 0 Å². The summed E-state index contributed by atoms with van der Waals surface area (Å²) in [6.07, 6.45) is 4.13. The lowest BCUT2D eigenvalue weighted by atomic mass is 9.42. The van der Waals surface area contributed by atoms with E-state index in [-0.39, 0.29) is 0 Å². The van der Waals surface area contributed by atoms with Crippen LogP contribution in [0.3, 0.4) is 0 Å². The molecule has 0 saturated heterocycles. The summed E-state index contributed by atoms with van der Waals surface area (Å²) in [6.45, 7) is 2.18. The summed E-state index contributed by atoms with van der Waals surface area (Å²) in [5, 5.41) is 0.863. The van der Waals surface area contributed by atoms with Crippen molar-refractivity contribution in [3.63, 3.8) is 0 Å². The quantitative estimate of drug-likeness (QED) is 0.536. The van der Waals surface area contributed by atoms with E-state index < -0.39 is 0 Å². The van der Waals surface area contributed by atoms with Gasteiger partial charge in [0, 0.05) is 8.44 Å². The molecule has 3 saturated carbocycles. The van der Waals surface area contributed by atoms with E-state index in [0.717, 1.165) is 5.02 Å². The molecule has 14 heavy (non-hydrogen) atoms. The first-order valence-electron chi connectivity index (χ1n) is 4.99. The summed E-state index contributed by atoms with van der Waals surface area (Å²) in [6, 6.07) is 6.36. The maximum atomic E-state index is 5.97. The zero-order valence-electron chi connectivity index (χ0n) is 8.11. The Kier molecular flexibility index (Phi) is 1.81. The fraction of sp³-hybridized carbons (Fsp3) is 0.500. The first-order chi connectivity index (χ1) is 6.53. The molecule has 0 aliphatic heterocycles. The molecule has 0 heterocycles. The monoisotopic (exact) mass is 318 g/mol. The highest BCUT2D eigenvalue weighted by Crippen LogP contribution is 2.72. The van der Waals surface area contributed by atoms with Crippen molar-refractivity contribution in [1.29, 1.82) is 0 Å². The van der Waals surface area contributed by atoms with Gasteiger partial charge in [0.1, 0.15) is 0 Å². The Morgan fingerprint density at radius 2 is 1.93 bits per heavy atom. The molecular formula is C12H12ClI. The summed E-state index contributed by atoms with van der Waals surface area (Å²) in [7, 11) is 0. The second kappa shape index (κ2) is 2.67. The van der Waals surface area contributed by atoms with E-state index in [1.165, 1.54) is 24.8 Å². The standard InChI is InChI=1S/C12H12ClI/c1-8-4-9(13)2-3-10(8)11-5-12(14,6-11)7-11/h2-4H,5-7H2,1H3. The van der Waals surface area contributed by atoms with Crippen LogP contribution < -0.4 is 0 Å². The normalized spacial score (nSPS) is 38.8. The highest BCUT2D eigenvalue weighted by molar-refractivity contribution is 14.1. The third-order valence-electron chi connectivity index (χ3n) is 3.73. The van der Waals surface area contributed by atoms with Gasteiger partial charge in [-0.2, -0.15) is 0 Å². The summed E-state index contributed by atoms with van der Waals surface area (Å²) in [4.78, 5) is 0. The third-order valence-corrected chi connectivity index (χ3v) is 5.10. The summed E-state index contributed by atoms with van der Waals surface area (Å²) < 4.78 is 0.657. The van der Waals surface area contributed by atoms with Crippen LogP contribution in [0, 0.1) is 6.92 Å². The Balaban J connectivity index is 1.99. The molecule has 0 unspecified atom stereocenters. The highest BCUT2D eigenvalue weighted by atomic mass is 127. The smallest absolute Gasteiger partial charge is 0.0408 e. The van der Waals surface area contributed by atoms with Crippen LogP contribution in [-0.2, 0) is 5.41 Å². The van der Waals surface area contributed by atoms with Crippen molar-refractivity contribution in [2.24, 2.45) is 0 Å². The average molecular weight is 319 g/mol. The van der Waals surface area contributed by atoms with Crippen molar-refractivity contribution in [2.45, 2.75) is 35.0 Å². The third kappa shape index (κ3) is 1.12. The van der Waals surface area contributed by atoms with E-state index in [2.05, 4.69) is 41.6 Å². The van der Waals surface area contributed by atoms with Gasteiger partial charge < -0.3 is 0 Å². The van der Waals surface area contributed by atoms with Crippen molar-refractivity contribution in [1.82, 2.24) is 0 Å². The van der Waals surface area contributed by atoms with Gasteiger partial charge in [0.2, 0.25) is 0 Å². The van der Waals surface area contributed by atoms with Gasteiger partial charge in [-0.25, -0.2) is 0 Å². The predicted octanol–water partition coefficient (Wildman–Crippen LogP) is 4.26. The van der Waals surface area contributed by atoms with Crippen LogP contribution in [0.25, 0.3) is 0 Å². The topological polar surface area (TPSA) is 0 Å². The molecule has 74 valence electrons. The molecule has 0 N–H and O–H groups in total. The van der Waals surface area contributed by atoms with Gasteiger partial charge in [-0.3, -0.25) is 0 Å².